The van der Waals surface area contributed by atoms with E-state index in [2.05, 4.69) is 5.43 Å². The molecule has 0 aromatic heterocycles. The monoisotopic (exact) mass is 207 g/mol. The van der Waals surface area contributed by atoms with Gasteiger partial charge in [-0.2, -0.15) is 0 Å². The van der Waals surface area contributed by atoms with Crippen LogP contribution in [0.3, 0.4) is 0 Å². The molecule has 1 atom stereocenters. The van der Waals surface area contributed by atoms with Gasteiger partial charge in [-0.3, -0.25) is 10.6 Å². The van der Waals surface area contributed by atoms with Gasteiger partial charge in [0, 0.05) is 7.05 Å². The van der Waals surface area contributed by atoms with E-state index in [0.717, 1.165) is 11.4 Å². The lowest BCUT2D eigenvalue weighted by molar-refractivity contribution is -0.125. The van der Waals surface area contributed by atoms with Crippen LogP contribution in [0.1, 0.15) is 6.92 Å². The van der Waals surface area contributed by atoms with Gasteiger partial charge in [0.15, 0.2) is 6.10 Å². The van der Waals surface area contributed by atoms with Crippen LogP contribution in [-0.2, 0) is 4.79 Å². The highest BCUT2D eigenvalue weighted by Gasteiger charge is 2.28. The van der Waals surface area contributed by atoms with E-state index in [-0.39, 0.29) is 5.91 Å². The van der Waals surface area contributed by atoms with E-state index in [0.29, 0.717) is 5.75 Å². The molecule has 0 aliphatic carbocycles. The number of carbonyl (C=O) groups is 1. The number of anilines is 2. The molecule has 5 nitrogen and oxygen atoms in total. The molecule has 1 aliphatic rings. The van der Waals surface area contributed by atoms with Crippen molar-refractivity contribution in [3.63, 3.8) is 0 Å². The van der Waals surface area contributed by atoms with E-state index in [9.17, 15) is 4.79 Å². The van der Waals surface area contributed by atoms with Crippen molar-refractivity contribution >= 4 is 17.3 Å². The predicted octanol–water partition coefficient (Wildman–Crippen LogP) is 0.716. The van der Waals surface area contributed by atoms with Crippen molar-refractivity contribution in [1.82, 2.24) is 0 Å². The van der Waals surface area contributed by atoms with Crippen molar-refractivity contribution in [2.45, 2.75) is 13.0 Å². The Morgan fingerprint density at radius 2 is 2.27 bits per heavy atom. The van der Waals surface area contributed by atoms with Gasteiger partial charge in [-0.25, -0.2) is 0 Å². The first-order valence-electron chi connectivity index (χ1n) is 4.68. The summed E-state index contributed by atoms with van der Waals surface area (Å²) in [6, 6.07) is 5.37. The molecule has 80 valence electrons. The van der Waals surface area contributed by atoms with E-state index in [4.69, 9.17) is 10.6 Å². The van der Waals surface area contributed by atoms with Gasteiger partial charge >= 0.3 is 0 Å². The number of benzene rings is 1. The van der Waals surface area contributed by atoms with Crippen LogP contribution < -0.4 is 20.9 Å². The lowest BCUT2D eigenvalue weighted by atomic mass is 10.2. The number of nitrogen functional groups attached to an aromatic ring is 1. The third-order valence-corrected chi connectivity index (χ3v) is 2.47. The van der Waals surface area contributed by atoms with E-state index in [1.54, 1.807) is 37.1 Å². The zero-order chi connectivity index (χ0) is 11.0. The molecule has 5 heteroatoms. The molecule has 0 spiro atoms. The van der Waals surface area contributed by atoms with Gasteiger partial charge in [0.2, 0.25) is 0 Å². The highest BCUT2D eigenvalue weighted by molar-refractivity contribution is 5.99. The molecule has 2 rings (SSSR count). The summed E-state index contributed by atoms with van der Waals surface area (Å²) in [6.07, 6.45) is -0.431. The predicted molar refractivity (Wildman–Crippen MR) is 57.8 cm³/mol. The van der Waals surface area contributed by atoms with Crippen LogP contribution in [-0.4, -0.2) is 19.1 Å². The quantitative estimate of drug-likeness (QED) is 0.526. The van der Waals surface area contributed by atoms with Gasteiger partial charge in [-0.15, -0.1) is 0 Å². The summed E-state index contributed by atoms with van der Waals surface area (Å²) in [5, 5.41) is 0. The summed E-state index contributed by atoms with van der Waals surface area (Å²) >= 11 is 0. The Hall–Kier alpha value is -1.75. The molecule has 0 saturated carbocycles. The molecular weight excluding hydrogens is 194 g/mol. The van der Waals surface area contributed by atoms with Crippen molar-refractivity contribution in [2.75, 3.05) is 17.4 Å². The average molecular weight is 207 g/mol. The number of amides is 1. The van der Waals surface area contributed by atoms with Crippen LogP contribution in [0.15, 0.2) is 18.2 Å². The zero-order valence-corrected chi connectivity index (χ0v) is 8.65. The van der Waals surface area contributed by atoms with E-state index >= 15 is 0 Å². The largest absolute Gasteiger partial charge is 0.479 e. The number of rotatable bonds is 1. The normalized spacial score (nSPS) is 19.5. The SMILES string of the molecule is CC1Oc2ccc(NN)cc2N(C)C1=O. The average Bonchev–Trinajstić information content (AvgIpc) is 2.26. The lowest BCUT2D eigenvalue weighted by Crippen LogP contribution is -2.41. The summed E-state index contributed by atoms with van der Waals surface area (Å²) in [5.74, 6) is 5.94. The maximum Gasteiger partial charge on any atom is 0.267 e. The highest BCUT2D eigenvalue weighted by atomic mass is 16.5. The van der Waals surface area contributed by atoms with E-state index in [1.165, 1.54) is 0 Å². The van der Waals surface area contributed by atoms with Gasteiger partial charge in [-0.05, 0) is 25.1 Å². The summed E-state index contributed by atoms with van der Waals surface area (Å²) in [6.45, 7) is 1.73. The molecule has 1 heterocycles. The van der Waals surface area contributed by atoms with E-state index in [1.807, 2.05) is 0 Å². The molecule has 1 unspecified atom stereocenters. The van der Waals surface area contributed by atoms with Crippen LogP contribution in [0.5, 0.6) is 5.75 Å². The number of nitrogens with zero attached hydrogens (tertiary/aromatic N) is 1. The molecule has 15 heavy (non-hydrogen) atoms. The second kappa shape index (κ2) is 3.43. The number of hydrogen-bond acceptors (Lipinski definition) is 4. The van der Waals surface area contributed by atoms with E-state index < -0.39 is 6.10 Å². The molecular formula is C10H13N3O2. The number of hydrogen-bond donors (Lipinski definition) is 2. The molecule has 1 aromatic carbocycles. The Morgan fingerprint density at radius 1 is 1.53 bits per heavy atom. The number of carbonyl (C=O) groups excluding carboxylic acids is 1. The molecule has 1 aromatic rings. The minimum Gasteiger partial charge on any atom is -0.479 e. The fourth-order valence-electron chi connectivity index (χ4n) is 1.60. The van der Waals surface area contributed by atoms with Crippen LogP contribution in [0.2, 0.25) is 0 Å². The maximum absolute atomic E-state index is 11.6. The van der Waals surface area contributed by atoms with Gasteiger partial charge in [0.25, 0.3) is 5.91 Å². The van der Waals surface area contributed by atoms with Gasteiger partial charge in [0.1, 0.15) is 5.75 Å². The number of ether oxygens (including phenoxy) is 1. The Labute approximate surface area is 87.8 Å². The first-order valence-corrected chi connectivity index (χ1v) is 4.68. The third kappa shape index (κ3) is 1.50. The van der Waals surface area contributed by atoms with Crippen LogP contribution in [0.4, 0.5) is 11.4 Å². The molecule has 0 saturated heterocycles. The Kier molecular flexibility index (Phi) is 2.24. The highest BCUT2D eigenvalue weighted by Crippen LogP contribution is 2.34. The summed E-state index contributed by atoms with van der Waals surface area (Å²) in [7, 11) is 1.72. The first-order chi connectivity index (χ1) is 7.13. The van der Waals surface area contributed by atoms with Crippen molar-refractivity contribution < 1.29 is 9.53 Å². The molecule has 0 bridgehead atoms. The van der Waals surface area contributed by atoms with Crippen molar-refractivity contribution in [2.24, 2.45) is 5.84 Å². The fraction of sp³-hybridized carbons (Fsp3) is 0.300. The maximum atomic E-state index is 11.6. The Morgan fingerprint density at radius 3 is 2.93 bits per heavy atom. The standard InChI is InChI=1S/C10H13N3O2/c1-6-10(14)13(2)8-5-7(12-11)3-4-9(8)15-6/h3-6,12H,11H2,1-2H3. The lowest BCUT2D eigenvalue weighted by Gasteiger charge is -2.30. The van der Waals surface area contributed by atoms with Crippen molar-refractivity contribution in [3.05, 3.63) is 18.2 Å². The van der Waals surface area contributed by atoms with Crippen molar-refractivity contribution in [1.29, 1.82) is 0 Å². The Bertz CT molecular complexity index is 406. The second-order valence-electron chi connectivity index (χ2n) is 3.48. The van der Waals surface area contributed by atoms with Crippen LogP contribution >= 0.6 is 0 Å². The van der Waals surface area contributed by atoms with Gasteiger partial charge in [-0.1, -0.05) is 0 Å². The number of likely N-dealkylation sites (N-methyl/N-ethyl adjacent to an activating group) is 1. The first kappa shape index (κ1) is 9.79. The second-order valence-corrected chi connectivity index (χ2v) is 3.48. The third-order valence-electron chi connectivity index (χ3n) is 2.47. The minimum atomic E-state index is -0.431. The summed E-state index contributed by atoms with van der Waals surface area (Å²) < 4.78 is 5.45. The smallest absolute Gasteiger partial charge is 0.267 e. The van der Waals surface area contributed by atoms with Gasteiger partial charge < -0.3 is 15.1 Å². The molecule has 1 amide bonds. The molecule has 0 radical (unpaired) electrons. The number of fused-ring (bicyclic) bond motifs is 1. The minimum absolute atomic E-state index is 0.0586. The van der Waals surface area contributed by atoms with Crippen LogP contribution in [0, 0.1) is 0 Å². The van der Waals surface area contributed by atoms with Crippen LogP contribution in [0.25, 0.3) is 0 Å². The molecule has 0 fully saturated rings. The summed E-state index contributed by atoms with van der Waals surface area (Å²) in [5.41, 5.74) is 4.00. The van der Waals surface area contributed by atoms with Gasteiger partial charge in [0.05, 0.1) is 11.4 Å². The zero-order valence-electron chi connectivity index (χ0n) is 8.65. The molecule has 1 aliphatic heterocycles. The number of hydrazine groups is 1. The Balaban J connectivity index is 2.47. The number of nitrogens with two attached hydrogens (primary N) is 1. The van der Waals surface area contributed by atoms with Crippen molar-refractivity contribution in [3.8, 4) is 5.75 Å². The molecule has 3 N–H and O–H groups in total. The number of nitrogens with one attached hydrogen (secondary N) is 1. The fourth-order valence-corrected chi connectivity index (χ4v) is 1.60. The topological polar surface area (TPSA) is 67.6 Å². The summed E-state index contributed by atoms with van der Waals surface area (Å²) in [4.78, 5) is 13.2.